The van der Waals surface area contributed by atoms with Crippen molar-refractivity contribution in [2.45, 2.75) is 33.6 Å². The van der Waals surface area contributed by atoms with Crippen LogP contribution in [-0.4, -0.2) is 31.5 Å². The lowest BCUT2D eigenvalue weighted by atomic mass is 10.4. The third-order valence-corrected chi connectivity index (χ3v) is 4.52. The minimum Gasteiger partial charge on any atom is -0.465 e. The second-order valence-corrected chi connectivity index (χ2v) is 6.35. The van der Waals surface area contributed by atoms with Crippen LogP contribution in [0.3, 0.4) is 0 Å². The van der Waals surface area contributed by atoms with Crippen molar-refractivity contribution in [2.75, 3.05) is 25.5 Å². The maximum atomic E-state index is 12.0. The normalized spacial score (nSPS) is 14.6. The molecule has 0 saturated heterocycles. The Morgan fingerprint density at radius 3 is 2.40 bits per heavy atom. The monoisotopic (exact) mass is 236 g/mol. The molecular weight excluding hydrogens is 215 g/mol. The molecule has 0 bridgehead atoms. The Labute approximate surface area is 91.8 Å². The van der Waals surface area contributed by atoms with E-state index in [4.69, 9.17) is 9.26 Å². The van der Waals surface area contributed by atoms with Crippen LogP contribution in [0.2, 0.25) is 0 Å². The summed E-state index contributed by atoms with van der Waals surface area (Å²) in [5.41, 5.74) is 0. The Morgan fingerprint density at radius 1 is 1.27 bits per heavy atom. The topological polar surface area (TPSA) is 52.6 Å². The average Bonchev–Trinajstić information content (AvgIpc) is 2.18. The highest BCUT2D eigenvalue weighted by molar-refractivity contribution is 7.58. The highest BCUT2D eigenvalue weighted by Crippen LogP contribution is 2.46. The van der Waals surface area contributed by atoms with E-state index in [0.717, 1.165) is 12.8 Å². The van der Waals surface area contributed by atoms with E-state index >= 15 is 0 Å². The van der Waals surface area contributed by atoms with Gasteiger partial charge in [-0.3, -0.25) is 9.36 Å². The lowest BCUT2D eigenvalue weighted by Gasteiger charge is -2.16. The Kier molecular flexibility index (Phi) is 7.71. The van der Waals surface area contributed by atoms with Crippen molar-refractivity contribution >= 4 is 13.3 Å². The SMILES string of the molecule is CCCCOP(=O)(CC)CCOC(C)=O. The standard InChI is InChI=1S/C10H21O4P/c1-4-6-7-14-15(12,5-2)9-8-13-10(3)11/h4-9H2,1-3H3. The molecule has 1 unspecified atom stereocenters. The van der Waals surface area contributed by atoms with E-state index in [1.165, 1.54) is 6.92 Å². The molecule has 5 heteroatoms. The first kappa shape index (κ1) is 14.7. The molecular formula is C10H21O4P. The van der Waals surface area contributed by atoms with Crippen molar-refractivity contribution in [2.24, 2.45) is 0 Å². The van der Waals surface area contributed by atoms with E-state index in [9.17, 15) is 9.36 Å². The fourth-order valence-electron chi connectivity index (χ4n) is 1.02. The molecule has 0 spiro atoms. The van der Waals surface area contributed by atoms with Crippen LogP contribution in [0.1, 0.15) is 33.6 Å². The van der Waals surface area contributed by atoms with Gasteiger partial charge in [0.1, 0.15) is 6.61 Å². The zero-order valence-corrected chi connectivity index (χ0v) is 10.7. The van der Waals surface area contributed by atoms with Gasteiger partial charge in [0.25, 0.3) is 0 Å². The molecule has 15 heavy (non-hydrogen) atoms. The van der Waals surface area contributed by atoms with Crippen molar-refractivity contribution in [3.8, 4) is 0 Å². The van der Waals surface area contributed by atoms with Crippen LogP contribution in [0.25, 0.3) is 0 Å². The predicted octanol–water partition coefficient (Wildman–Crippen LogP) is 2.66. The smallest absolute Gasteiger partial charge is 0.302 e. The summed E-state index contributed by atoms with van der Waals surface area (Å²) in [7, 11) is -2.56. The molecule has 0 aromatic carbocycles. The number of rotatable bonds is 8. The van der Waals surface area contributed by atoms with Crippen molar-refractivity contribution < 1.29 is 18.6 Å². The van der Waals surface area contributed by atoms with E-state index in [1.807, 2.05) is 6.92 Å². The molecule has 0 heterocycles. The van der Waals surface area contributed by atoms with Gasteiger partial charge in [-0.1, -0.05) is 20.3 Å². The summed E-state index contributed by atoms with van der Waals surface area (Å²) in [6.45, 7) is 5.95. The van der Waals surface area contributed by atoms with Gasteiger partial charge < -0.3 is 9.26 Å². The minimum absolute atomic E-state index is 0.187. The van der Waals surface area contributed by atoms with E-state index < -0.39 is 7.37 Å². The van der Waals surface area contributed by atoms with Gasteiger partial charge in [0.15, 0.2) is 0 Å². The van der Waals surface area contributed by atoms with Crippen molar-refractivity contribution in [1.29, 1.82) is 0 Å². The zero-order chi connectivity index (χ0) is 11.7. The zero-order valence-electron chi connectivity index (χ0n) is 9.82. The molecule has 0 saturated carbocycles. The number of unbranched alkanes of at least 4 members (excludes halogenated alkanes) is 1. The highest BCUT2D eigenvalue weighted by Gasteiger charge is 2.20. The number of ether oxygens (including phenoxy) is 1. The molecule has 0 rings (SSSR count). The number of carbonyl (C=O) groups is 1. The van der Waals surface area contributed by atoms with Gasteiger partial charge in [0.05, 0.1) is 12.8 Å². The first-order valence-electron chi connectivity index (χ1n) is 5.40. The van der Waals surface area contributed by atoms with Crippen molar-refractivity contribution in [3.05, 3.63) is 0 Å². The minimum atomic E-state index is -2.56. The summed E-state index contributed by atoms with van der Waals surface area (Å²) in [6.07, 6.45) is 2.76. The fourth-order valence-corrected chi connectivity index (χ4v) is 2.48. The molecule has 4 nitrogen and oxygen atoms in total. The number of hydrogen-bond acceptors (Lipinski definition) is 4. The summed E-state index contributed by atoms with van der Waals surface area (Å²) >= 11 is 0. The molecule has 0 amide bonds. The van der Waals surface area contributed by atoms with E-state index in [1.54, 1.807) is 0 Å². The third-order valence-electron chi connectivity index (χ3n) is 2.04. The fraction of sp³-hybridized carbons (Fsp3) is 0.900. The van der Waals surface area contributed by atoms with Gasteiger partial charge in [0, 0.05) is 13.1 Å². The van der Waals surface area contributed by atoms with Gasteiger partial charge in [-0.2, -0.15) is 0 Å². The highest BCUT2D eigenvalue weighted by atomic mass is 31.2. The molecule has 0 aliphatic carbocycles. The molecule has 0 aromatic heterocycles. The molecule has 1 atom stereocenters. The Morgan fingerprint density at radius 2 is 1.93 bits per heavy atom. The quantitative estimate of drug-likeness (QED) is 0.369. The average molecular weight is 236 g/mol. The molecule has 0 aromatic rings. The van der Waals surface area contributed by atoms with Crippen molar-refractivity contribution in [3.63, 3.8) is 0 Å². The molecule has 0 N–H and O–H groups in total. The Hall–Kier alpha value is -0.340. The van der Waals surface area contributed by atoms with Gasteiger partial charge in [0.2, 0.25) is 7.37 Å². The molecule has 0 aliphatic rings. The van der Waals surface area contributed by atoms with Crippen LogP contribution in [-0.2, 0) is 18.6 Å². The van der Waals surface area contributed by atoms with Gasteiger partial charge in [-0.15, -0.1) is 0 Å². The summed E-state index contributed by atoms with van der Waals surface area (Å²) in [6, 6.07) is 0. The van der Waals surface area contributed by atoms with Gasteiger partial charge >= 0.3 is 5.97 Å². The first-order valence-corrected chi connectivity index (χ1v) is 7.39. The summed E-state index contributed by atoms with van der Waals surface area (Å²) in [5.74, 6) is -0.341. The van der Waals surface area contributed by atoms with Crippen LogP contribution in [0, 0.1) is 0 Å². The first-order chi connectivity index (χ1) is 7.04. The maximum absolute atomic E-state index is 12.0. The summed E-state index contributed by atoms with van der Waals surface area (Å²) < 4.78 is 22.1. The van der Waals surface area contributed by atoms with Crippen LogP contribution < -0.4 is 0 Å². The van der Waals surface area contributed by atoms with Crippen LogP contribution in [0.4, 0.5) is 0 Å². The number of hydrogen-bond donors (Lipinski definition) is 0. The van der Waals surface area contributed by atoms with Crippen LogP contribution in [0.5, 0.6) is 0 Å². The van der Waals surface area contributed by atoms with Gasteiger partial charge in [-0.05, 0) is 6.42 Å². The second-order valence-electron chi connectivity index (χ2n) is 3.38. The number of esters is 1. The van der Waals surface area contributed by atoms with Crippen LogP contribution in [0.15, 0.2) is 0 Å². The molecule has 90 valence electrons. The lowest BCUT2D eigenvalue weighted by Crippen LogP contribution is -2.08. The second kappa shape index (κ2) is 7.89. The molecule has 0 radical (unpaired) electrons. The number of carbonyl (C=O) groups excluding carboxylic acids is 1. The Balaban J connectivity index is 3.85. The molecule has 0 fully saturated rings. The van der Waals surface area contributed by atoms with E-state index in [-0.39, 0.29) is 12.6 Å². The van der Waals surface area contributed by atoms with Crippen LogP contribution >= 0.6 is 7.37 Å². The largest absolute Gasteiger partial charge is 0.465 e. The van der Waals surface area contributed by atoms with Gasteiger partial charge in [-0.25, -0.2) is 0 Å². The lowest BCUT2D eigenvalue weighted by molar-refractivity contribution is -0.140. The summed E-state index contributed by atoms with van der Waals surface area (Å²) in [4.78, 5) is 10.5. The molecule has 0 aliphatic heterocycles. The predicted molar refractivity (Wildman–Crippen MR) is 60.5 cm³/mol. The van der Waals surface area contributed by atoms with E-state index in [0.29, 0.717) is 18.9 Å². The third kappa shape index (κ3) is 7.57. The van der Waals surface area contributed by atoms with Crippen molar-refractivity contribution in [1.82, 2.24) is 0 Å². The summed E-state index contributed by atoms with van der Waals surface area (Å²) in [5, 5.41) is 0. The van der Waals surface area contributed by atoms with E-state index in [2.05, 4.69) is 6.92 Å². The Bertz CT molecular complexity index is 227. The maximum Gasteiger partial charge on any atom is 0.302 e.